The Morgan fingerprint density at radius 1 is 1.40 bits per heavy atom. The highest BCUT2D eigenvalue weighted by Crippen LogP contribution is 2.31. The van der Waals surface area contributed by atoms with Crippen molar-refractivity contribution in [3.05, 3.63) is 24.0 Å². The maximum Gasteiger partial charge on any atom is 0.164 e. The molecule has 0 saturated carbocycles. The summed E-state index contributed by atoms with van der Waals surface area (Å²) in [6.07, 6.45) is 6.51. The van der Waals surface area contributed by atoms with Gasteiger partial charge in [-0.25, -0.2) is 0 Å². The van der Waals surface area contributed by atoms with Gasteiger partial charge in [0.05, 0.1) is 19.0 Å². The number of hydrogen-bond donors (Lipinski definition) is 2. The number of aliphatic hydroxyl groups is 2. The van der Waals surface area contributed by atoms with Crippen LogP contribution in [-0.2, 0) is 14.2 Å². The van der Waals surface area contributed by atoms with E-state index >= 15 is 0 Å². The van der Waals surface area contributed by atoms with Crippen LogP contribution in [0.15, 0.2) is 24.0 Å². The Morgan fingerprint density at radius 3 is 2.85 bits per heavy atom. The fourth-order valence-electron chi connectivity index (χ4n) is 2.60. The summed E-state index contributed by atoms with van der Waals surface area (Å²) in [6, 6.07) is 0. The van der Waals surface area contributed by atoms with Crippen molar-refractivity contribution in [2.45, 2.75) is 57.2 Å². The minimum Gasteiger partial charge on any atom is -0.497 e. The molecule has 114 valence electrons. The summed E-state index contributed by atoms with van der Waals surface area (Å²) in [7, 11) is 0. The van der Waals surface area contributed by atoms with Crippen LogP contribution in [0.2, 0.25) is 0 Å². The second-order valence-electron chi connectivity index (χ2n) is 5.71. The molecule has 2 aliphatic heterocycles. The van der Waals surface area contributed by atoms with E-state index < -0.39 is 24.1 Å². The summed E-state index contributed by atoms with van der Waals surface area (Å²) in [4.78, 5) is 0. The quantitative estimate of drug-likeness (QED) is 0.773. The van der Waals surface area contributed by atoms with Crippen LogP contribution in [0.3, 0.4) is 0 Å². The predicted molar refractivity (Wildman–Crippen MR) is 73.9 cm³/mol. The topological polar surface area (TPSA) is 68.2 Å². The molecule has 20 heavy (non-hydrogen) atoms. The summed E-state index contributed by atoms with van der Waals surface area (Å²) in [5, 5.41) is 19.5. The Bertz CT molecular complexity index is 374. The van der Waals surface area contributed by atoms with E-state index in [0.29, 0.717) is 13.0 Å². The zero-order valence-electron chi connectivity index (χ0n) is 12.1. The normalized spacial score (nSPS) is 29.9. The first-order chi connectivity index (χ1) is 9.52. The van der Waals surface area contributed by atoms with Gasteiger partial charge in [0, 0.05) is 0 Å². The zero-order chi connectivity index (χ0) is 14.6. The van der Waals surface area contributed by atoms with E-state index in [1.54, 1.807) is 20.1 Å². The van der Waals surface area contributed by atoms with Crippen LogP contribution < -0.4 is 0 Å². The molecule has 0 aliphatic carbocycles. The van der Waals surface area contributed by atoms with Crippen molar-refractivity contribution in [2.24, 2.45) is 0 Å². The van der Waals surface area contributed by atoms with E-state index in [1.807, 2.05) is 12.2 Å². The lowest BCUT2D eigenvalue weighted by Crippen LogP contribution is -2.37. The van der Waals surface area contributed by atoms with Gasteiger partial charge in [-0.1, -0.05) is 6.08 Å². The monoisotopic (exact) mass is 284 g/mol. The Balaban J connectivity index is 1.78. The van der Waals surface area contributed by atoms with Gasteiger partial charge >= 0.3 is 0 Å². The van der Waals surface area contributed by atoms with Crippen LogP contribution in [0.4, 0.5) is 0 Å². The molecule has 0 aromatic heterocycles. The lowest BCUT2D eigenvalue weighted by molar-refractivity contribution is -0.157. The molecule has 0 aromatic rings. The third kappa shape index (κ3) is 4.06. The molecule has 2 rings (SSSR count). The van der Waals surface area contributed by atoms with Gasteiger partial charge in [-0.2, -0.15) is 0 Å². The van der Waals surface area contributed by atoms with E-state index in [9.17, 15) is 10.2 Å². The van der Waals surface area contributed by atoms with Crippen LogP contribution in [0.1, 0.15) is 33.1 Å². The van der Waals surface area contributed by atoms with Crippen molar-refractivity contribution < 1.29 is 24.4 Å². The van der Waals surface area contributed by atoms with Gasteiger partial charge in [-0.05, 0) is 44.8 Å². The molecule has 0 spiro atoms. The fraction of sp³-hybridized carbons (Fsp3) is 0.733. The molecule has 5 heteroatoms. The lowest BCUT2D eigenvalue weighted by Gasteiger charge is -2.21. The molecular formula is C15H24O5. The number of hydrogen-bond acceptors (Lipinski definition) is 5. The third-order valence-corrected chi connectivity index (χ3v) is 3.51. The van der Waals surface area contributed by atoms with Gasteiger partial charge in [0.25, 0.3) is 0 Å². The van der Waals surface area contributed by atoms with Crippen LogP contribution in [0, 0.1) is 0 Å². The molecule has 2 aliphatic rings. The van der Waals surface area contributed by atoms with Crippen molar-refractivity contribution in [1.29, 1.82) is 0 Å². The molecule has 0 radical (unpaired) electrons. The molecule has 3 unspecified atom stereocenters. The molecule has 2 N–H and O–H groups in total. The first-order valence-electron chi connectivity index (χ1n) is 7.13. The number of ether oxygens (including phenoxy) is 3. The summed E-state index contributed by atoms with van der Waals surface area (Å²) >= 11 is 0. The lowest BCUT2D eigenvalue weighted by atomic mass is 10.0. The maximum atomic E-state index is 10.2. The van der Waals surface area contributed by atoms with Crippen molar-refractivity contribution in [3.8, 4) is 0 Å². The van der Waals surface area contributed by atoms with E-state index in [4.69, 9.17) is 14.2 Å². The zero-order valence-corrected chi connectivity index (χ0v) is 12.1. The van der Waals surface area contributed by atoms with Gasteiger partial charge in [0.1, 0.15) is 18.8 Å². The van der Waals surface area contributed by atoms with Crippen molar-refractivity contribution in [1.82, 2.24) is 0 Å². The minimum atomic E-state index is -0.748. The number of aliphatic hydroxyl groups excluding tert-OH is 2. The molecule has 0 amide bonds. The largest absolute Gasteiger partial charge is 0.497 e. The minimum absolute atomic E-state index is 0.146. The Labute approximate surface area is 119 Å². The summed E-state index contributed by atoms with van der Waals surface area (Å²) in [6.45, 7) is 4.06. The average molecular weight is 284 g/mol. The molecule has 3 atom stereocenters. The Morgan fingerprint density at radius 2 is 2.20 bits per heavy atom. The second kappa shape index (κ2) is 6.72. The van der Waals surface area contributed by atoms with Gasteiger partial charge < -0.3 is 24.4 Å². The first kappa shape index (κ1) is 15.5. The van der Waals surface area contributed by atoms with Gasteiger partial charge in [0.15, 0.2) is 5.79 Å². The van der Waals surface area contributed by atoms with Crippen LogP contribution in [0.5, 0.6) is 0 Å². The average Bonchev–Trinajstić information content (AvgIpc) is 2.75. The van der Waals surface area contributed by atoms with Gasteiger partial charge in [-0.15, -0.1) is 0 Å². The molecule has 0 bridgehead atoms. The van der Waals surface area contributed by atoms with Crippen LogP contribution in [0.25, 0.3) is 0 Å². The van der Waals surface area contributed by atoms with Crippen LogP contribution in [-0.4, -0.2) is 47.5 Å². The second-order valence-corrected chi connectivity index (χ2v) is 5.71. The molecule has 0 aromatic carbocycles. The standard InChI is InChI=1S/C15H24O5/c1-15(2)19-13(9-16)14(20-15)12(17)7-3-5-11-6-4-8-18-10-11/h4,6,10,12-14,16-17H,3,5,7-9H2,1-2H3. The molecular weight excluding hydrogens is 260 g/mol. The number of allylic oxidation sites excluding steroid dienone is 2. The summed E-state index contributed by atoms with van der Waals surface area (Å²) in [5.74, 6) is -0.748. The van der Waals surface area contributed by atoms with Crippen molar-refractivity contribution >= 4 is 0 Å². The Hall–Kier alpha value is -0.880. The van der Waals surface area contributed by atoms with Gasteiger partial charge in [0.2, 0.25) is 0 Å². The third-order valence-electron chi connectivity index (χ3n) is 3.51. The summed E-state index contributed by atoms with van der Waals surface area (Å²) < 4.78 is 16.4. The van der Waals surface area contributed by atoms with E-state index in [0.717, 1.165) is 18.4 Å². The highest BCUT2D eigenvalue weighted by Gasteiger charge is 2.44. The van der Waals surface area contributed by atoms with E-state index in [2.05, 4.69) is 0 Å². The molecule has 2 heterocycles. The smallest absolute Gasteiger partial charge is 0.164 e. The highest BCUT2D eigenvalue weighted by molar-refractivity contribution is 5.18. The first-order valence-corrected chi connectivity index (χ1v) is 7.13. The van der Waals surface area contributed by atoms with E-state index in [1.165, 1.54) is 0 Å². The Kier molecular flexibility index (Phi) is 5.21. The van der Waals surface area contributed by atoms with Crippen molar-refractivity contribution in [2.75, 3.05) is 13.2 Å². The van der Waals surface area contributed by atoms with E-state index in [-0.39, 0.29) is 6.61 Å². The van der Waals surface area contributed by atoms with Crippen LogP contribution >= 0.6 is 0 Å². The van der Waals surface area contributed by atoms with Gasteiger partial charge in [-0.3, -0.25) is 0 Å². The highest BCUT2D eigenvalue weighted by atomic mass is 16.8. The molecule has 1 saturated heterocycles. The molecule has 5 nitrogen and oxygen atoms in total. The maximum absolute atomic E-state index is 10.2. The number of rotatable bonds is 6. The predicted octanol–water partition coefficient (Wildman–Crippen LogP) is 1.50. The fourth-order valence-corrected chi connectivity index (χ4v) is 2.60. The summed E-state index contributed by atoms with van der Waals surface area (Å²) in [5.41, 5.74) is 1.13. The SMILES string of the molecule is CC1(C)OC(CO)C(C(O)CCCC2=COCC=C2)O1. The molecule has 1 fully saturated rings. The van der Waals surface area contributed by atoms with Crippen molar-refractivity contribution in [3.63, 3.8) is 0 Å².